The lowest BCUT2D eigenvalue weighted by molar-refractivity contribution is 0.527. The van der Waals surface area contributed by atoms with Crippen LogP contribution in [0.25, 0.3) is 0 Å². The van der Waals surface area contributed by atoms with Gasteiger partial charge in [0.05, 0.1) is 0 Å². The summed E-state index contributed by atoms with van der Waals surface area (Å²) in [6.45, 7) is 6.57. The average Bonchev–Trinajstić information content (AvgIpc) is 1.21. The molecular weight excluding hydrogens is 344 g/mol. The van der Waals surface area contributed by atoms with E-state index in [1.165, 1.54) is 0 Å². The third-order valence-electron chi connectivity index (χ3n) is 0.469. The first-order valence-corrected chi connectivity index (χ1v) is 10.1. The van der Waals surface area contributed by atoms with Gasteiger partial charge in [-0.3, -0.25) is 0 Å². The van der Waals surface area contributed by atoms with E-state index in [-0.39, 0.29) is 3.95 Å². The first kappa shape index (κ1) is 9.64. The molecule has 1 radical (unpaired) electrons. The van der Waals surface area contributed by atoms with Gasteiger partial charge >= 0.3 is 0 Å². The Bertz CT molecular complexity index is 68.9. The number of halogens is 2. The molecule has 0 heterocycles. The molecule has 0 unspecified atom stereocenters. The van der Waals surface area contributed by atoms with Crippen LogP contribution >= 0.6 is 43.6 Å². The van der Waals surface area contributed by atoms with Crippen LogP contribution < -0.4 is 4.98 Å². The molecule has 4 heteroatoms. The van der Waals surface area contributed by atoms with Gasteiger partial charge in [-0.15, -0.1) is 0 Å². The van der Waals surface area contributed by atoms with Gasteiger partial charge in [-0.05, 0) is 20.8 Å². The molecule has 49 valence electrons. The largest absolute Gasteiger partial charge is 0.317 e. The van der Waals surface area contributed by atoms with Gasteiger partial charge in [0.1, 0.15) is 0 Å². The van der Waals surface area contributed by atoms with Gasteiger partial charge in [0, 0.05) is 5.54 Å². The summed E-state index contributed by atoms with van der Waals surface area (Å²) in [5.74, 6) is 0. The van der Waals surface area contributed by atoms with E-state index in [0.29, 0.717) is 5.54 Å². The normalized spacial score (nSPS) is 12.8. The summed E-state index contributed by atoms with van der Waals surface area (Å²) in [6.07, 6.45) is 0. The second-order valence-electron chi connectivity index (χ2n) is 2.64. The predicted molar refractivity (Wildman–Crippen MR) is 56.7 cm³/mol. The fourth-order valence-electron chi connectivity index (χ4n) is 0.283. The van der Waals surface area contributed by atoms with E-state index in [9.17, 15) is 0 Å². The number of nitrogens with one attached hydrogen (secondary N) is 1. The Kier molecular flexibility index (Phi) is 4.48. The zero-order valence-electron chi connectivity index (χ0n) is 5.26. The van der Waals surface area contributed by atoms with Crippen molar-refractivity contribution < 1.29 is 0 Å². The molecule has 1 nitrogen and oxygen atoms in total. The monoisotopic (exact) mass is 354 g/mol. The molecule has 0 atom stereocenters. The van der Waals surface area contributed by atoms with Crippen molar-refractivity contribution >= 4 is 47.5 Å². The van der Waals surface area contributed by atoms with Crippen LogP contribution in [0.4, 0.5) is 0 Å². The van der Waals surface area contributed by atoms with Crippen LogP contribution in [0.5, 0.6) is 0 Å². The minimum absolute atomic E-state index is 0.302. The van der Waals surface area contributed by atoms with Gasteiger partial charge in [-0.25, -0.2) is 0 Å². The van der Waals surface area contributed by atoms with Gasteiger partial charge in [0.25, 0.3) is 3.95 Å². The number of hydrogen-bond donors (Lipinski definition) is 1. The fraction of sp³-hybridized carbons (Fsp3) is 1.00. The Labute approximate surface area is 78.1 Å². The van der Waals surface area contributed by atoms with Crippen molar-refractivity contribution in [3.05, 3.63) is 0 Å². The van der Waals surface area contributed by atoms with Crippen LogP contribution in [0.1, 0.15) is 20.8 Å². The highest BCUT2D eigenvalue weighted by Gasteiger charge is 2.13. The summed E-state index contributed by atoms with van der Waals surface area (Å²) in [7, 11) is 0. The molecule has 0 aromatic carbocycles. The van der Waals surface area contributed by atoms with Gasteiger partial charge in [0.15, 0.2) is 0 Å². The summed E-state index contributed by atoms with van der Waals surface area (Å²) in [5.41, 5.74) is 0.302. The summed E-state index contributed by atoms with van der Waals surface area (Å²) in [6, 6.07) is 0. The molecule has 0 aliphatic rings. The Morgan fingerprint density at radius 3 is 1.62 bits per heavy atom. The topological polar surface area (TPSA) is 12.0 Å². The molecule has 8 heavy (non-hydrogen) atoms. The lowest BCUT2D eigenvalue weighted by Crippen LogP contribution is -2.40. The Hall–Kier alpha value is 1.64. The van der Waals surface area contributed by atoms with E-state index in [4.69, 9.17) is 0 Å². The number of rotatable bonds is 1. The van der Waals surface area contributed by atoms with Crippen molar-refractivity contribution in [3.8, 4) is 0 Å². The fourth-order valence-corrected chi connectivity index (χ4v) is 5.70. The smallest absolute Gasteiger partial charge is 0.287 e. The number of hydrogen-bond acceptors (Lipinski definition) is 1. The van der Waals surface area contributed by atoms with E-state index >= 15 is 0 Å². The summed E-state index contributed by atoms with van der Waals surface area (Å²) >= 11 is 4.89. The molecule has 0 spiro atoms. The molecule has 0 rings (SSSR count). The molecular formula is C4H10I2NSi. The van der Waals surface area contributed by atoms with Gasteiger partial charge in [-0.1, -0.05) is 43.6 Å². The molecule has 0 aromatic heterocycles. The van der Waals surface area contributed by atoms with Crippen molar-refractivity contribution in [1.29, 1.82) is 0 Å². The highest BCUT2D eigenvalue weighted by Crippen LogP contribution is 2.07. The summed E-state index contributed by atoms with van der Waals surface area (Å²) in [4.78, 5) is 3.46. The molecule has 1 N–H and O–H groups in total. The molecule has 0 bridgehead atoms. The molecule has 0 aromatic rings. The highest BCUT2D eigenvalue weighted by molar-refractivity contribution is 14.3. The van der Waals surface area contributed by atoms with Crippen molar-refractivity contribution in [2.45, 2.75) is 26.3 Å². The summed E-state index contributed by atoms with van der Waals surface area (Å²) in [5, 5.41) is 0. The Balaban J connectivity index is 3.39. The maximum Gasteiger partial charge on any atom is 0.287 e. The first-order valence-electron chi connectivity index (χ1n) is 2.38. The van der Waals surface area contributed by atoms with E-state index in [1.54, 1.807) is 0 Å². The van der Waals surface area contributed by atoms with Crippen LogP contribution in [-0.2, 0) is 0 Å². The second-order valence-corrected chi connectivity index (χ2v) is 16.1. The first-order chi connectivity index (χ1) is 3.42. The molecule has 0 fully saturated rings. The SMILES string of the molecule is CC(C)(C)N[Si](I)I. The van der Waals surface area contributed by atoms with E-state index in [2.05, 4.69) is 69.3 Å². The summed E-state index contributed by atoms with van der Waals surface area (Å²) < 4.78 is -0.302. The third-order valence-corrected chi connectivity index (χ3v) is 3.03. The Morgan fingerprint density at radius 2 is 1.62 bits per heavy atom. The standard InChI is InChI=1S/C4H10I2NSi/c1-4(2,3)7-8(5)6/h7H,1-3H3. The van der Waals surface area contributed by atoms with E-state index in [0.717, 1.165) is 0 Å². The quantitative estimate of drug-likeness (QED) is 0.433. The van der Waals surface area contributed by atoms with Crippen molar-refractivity contribution in [1.82, 2.24) is 4.98 Å². The molecule has 0 saturated carbocycles. The predicted octanol–water partition coefficient (Wildman–Crippen LogP) is 2.23. The van der Waals surface area contributed by atoms with Crippen LogP contribution in [0.2, 0.25) is 0 Å². The maximum absolute atomic E-state index is 3.46. The zero-order chi connectivity index (χ0) is 6.78. The lowest BCUT2D eigenvalue weighted by Gasteiger charge is -2.20. The molecule has 0 aliphatic carbocycles. The van der Waals surface area contributed by atoms with E-state index < -0.39 is 0 Å². The van der Waals surface area contributed by atoms with E-state index in [1.807, 2.05) is 0 Å². The lowest BCUT2D eigenvalue weighted by atomic mass is 10.1. The molecule has 0 aliphatic heterocycles. The van der Waals surface area contributed by atoms with Crippen molar-refractivity contribution in [3.63, 3.8) is 0 Å². The zero-order valence-corrected chi connectivity index (χ0v) is 10.6. The minimum Gasteiger partial charge on any atom is -0.317 e. The average molecular weight is 354 g/mol. The highest BCUT2D eigenvalue weighted by atomic mass is 127. The second kappa shape index (κ2) is 3.72. The maximum atomic E-state index is 3.46. The van der Waals surface area contributed by atoms with Crippen molar-refractivity contribution in [2.75, 3.05) is 0 Å². The van der Waals surface area contributed by atoms with Crippen LogP contribution in [0.15, 0.2) is 0 Å². The van der Waals surface area contributed by atoms with Crippen LogP contribution in [0.3, 0.4) is 0 Å². The third kappa shape index (κ3) is 7.64. The Morgan fingerprint density at radius 1 is 1.25 bits per heavy atom. The van der Waals surface area contributed by atoms with Crippen LogP contribution in [-0.4, -0.2) is 9.49 Å². The van der Waals surface area contributed by atoms with Gasteiger partial charge in [0.2, 0.25) is 0 Å². The molecule has 0 saturated heterocycles. The van der Waals surface area contributed by atoms with Gasteiger partial charge in [-0.2, -0.15) is 0 Å². The van der Waals surface area contributed by atoms with Crippen molar-refractivity contribution in [2.24, 2.45) is 0 Å². The minimum atomic E-state index is -0.302. The molecule has 0 amide bonds. The van der Waals surface area contributed by atoms with Crippen LogP contribution in [0, 0.1) is 0 Å². The van der Waals surface area contributed by atoms with Gasteiger partial charge < -0.3 is 4.98 Å².